The Morgan fingerprint density at radius 3 is 2.85 bits per heavy atom. The summed E-state index contributed by atoms with van der Waals surface area (Å²) >= 11 is 5.95. The average Bonchev–Trinajstić information content (AvgIpc) is 3.20. The second-order valence-corrected chi connectivity index (χ2v) is 5.72. The van der Waals surface area contributed by atoms with E-state index in [1.54, 1.807) is 19.1 Å². The van der Waals surface area contributed by atoms with E-state index >= 15 is 0 Å². The lowest BCUT2D eigenvalue weighted by molar-refractivity contribution is 0.0952. The molecule has 0 radical (unpaired) electrons. The summed E-state index contributed by atoms with van der Waals surface area (Å²) in [5.41, 5.74) is 5.04. The summed E-state index contributed by atoms with van der Waals surface area (Å²) in [7, 11) is 1.49. The molecule has 1 N–H and O–H groups in total. The molecule has 9 heteroatoms. The summed E-state index contributed by atoms with van der Waals surface area (Å²) in [5.74, 6) is 0.000707. The van der Waals surface area contributed by atoms with Gasteiger partial charge >= 0.3 is 0 Å². The van der Waals surface area contributed by atoms with Gasteiger partial charge in [0.05, 0.1) is 24.1 Å². The number of aromatic nitrogens is 4. The first-order chi connectivity index (χ1) is 12.6. The molecule has 1 amide bonds. The first-order valence-corrected chi connectivity index (χ1v) is 7.98. The number of benzene rings is 2. The molecule has 0 saturated heterocycles. The molecule has 0 aliphatic carbocycles. The van der Waals surface area contributed by atoms with E-state index in [0.29, 0.717) is 22.0 Å². The Morgan fingerprint density at radius 1 is 1.27 bits per heavy atom. The fourth-order valence-electron chi connectivity index (χ4n) is 2.27. The van der Waals surface area contributed by atoms with E-state index in [4.69, 9.17) is 16.3 Å². The highest BCUT2D eigenvalue weighted by atomic mass is 35.5. The number of nitrogens with zero attached hydrogens (tertiary/aromatic N) is 5. The normalized spacial score (nSPS) is 11.3. The maximum atomic E-state index is 12.4. The molecule has 0 aliphatic rings. The minimum Gasteiger partial charge on any atom is -0.496 e. The van der Waals surface area contributed by atoms with Crippen molar-refractivity contribution in [1.29, 1.82) is 0 Å². The zero-order valence-corrected chi connectivity index (χ0v) is 14.8. The molecule has 132 valence electrons. The molecule has 0 spiro atoms. The summed E-state index contributed by atoms with van der Waals surface area (Å²) in [6, 6.07) is 12.3. The Hall–Kier alpha value is -3.26. The highest BCUT2D eigenvalue weighted by Crippen LogP contribution is 2.22. The zero-order chi connectivity index (χ0) is 18.5. The maximum absolute atomic E-state index is 12.4. The summed E-state index contributed by atoms with van der Waals surface area (Å²) in [6.07, 6.45) is 1.50. The largest absolute Gasteiger partial charge is 0.496 e. The number of methoxy groups -OCH3 is 1. The molecule has 2 aromatic carbocycles. The Bertz CT molecular complexity index is 956. The van der Waals surface area contributed by atoms with Crippen molar-refractivity contribution in [3.8, 4) is 11.4 Å². The lowest BCUT2D eigenvalue weighted by Gasteiger charge is -2.08. The van der Waals surface area contributed by atoms with Gasteiger partial charge in [0.2, 0.25) is 0 Å². The number of hydrogen-bond donors (Lipinski definition) is 1. The molecular weight excluding hydrogens is 356 g/mol. The Kier molecular flexibility index (Phi) is 5.23. The van der Waals surface area contributed by atoms with Crippen LogP contribution < -0.4 is 10.2 Å². The number of halogens is 1. The summed E-state index contributed by atoms with van der Waals surface area (Å²) in [5, 5.41) is 15.7. The van der Waals surface area contributed by atoms with E-state index in [9.17, 15) is 4.79 Å². The van der Waals surface area contributed by atoms with Gasteiger partial charge in [-0.05, 0) is 53.2 Å². The number of ether oxygens (including phenoxy) is 1. The smallest absolute Gasteiger partial charge is 0.275 e. The second-order valence-electron chi connectivity index (χ2n) is 5.29. The van der Waals surface area contributed by atoms with Crippen molar-refractivity contribution in [1.82, 2.24) is 25.6 Å². The SMILES string of the molecule is COc1ccc(Cl)cc1C(=O)N/N=C(\C)c1cccc(-n2cnnn2)c1. The number of rotatable bonds is 5. The fourth-order valence-corrected chi connectivity index (χ4v) is 2.44. The summed E-state index contributed by atoms with van der Waals surface area (Å²) < 4.78 is 6.71. The van der Waals surface area contributed by atoms with Crippen molar-refractivity contribution in [3.05, 3.63) is 64.9 Å². The molecule has 0 bridgehead atoms. The van der Waals surface area contributed by atoms with Crippen molar-refractivity contribution >= 4 is 23.2 Å². The van der Waals surface area contributed by atoms with E-state index in [1.165, 1.54) is 24.2 Å². The average molecular weight is 371 g/mol. The molecule has 3 rings (SSSR count). The van der Waals surface area contributed by atoms with Crippen LogP contribution in [0.5, 0.6) is 5.75 Å². The molecule has 0 aliphatic heterocycles. The lowest BCUT2D eigenvalue weighted by Crippen LogP contribution is -2.20. The van der Waals surface area contributed by atoms with Crippen molar-refractivity contribution in [3.63, 3.8) is 0 Å². The quantitative estimate of drug-likeness (QED) is 0.550. The molecule has 3 aromatic rings. The minimum atomic E-state index is -0.416. The van der Waals surface area contributed by atoms with Crippen LogP contribution in [0.2, 0.25) is 5.02 Å². The second kappa shape index (κ2) is 7.75. The summed E-state index contributed by atoms with van der Waals surface area (Å²) in [4.78, 5) is 12.4. The number of tetrazole rings is 1. The molecular formula is C17H15ClN6O2. The van der Waals surface area contributed by atoms with Gasteiger partial charge in [0.1, 0.15) is 12.1 Å². The van der Waals surface area contributed by atoms with Gasteiger partial charge in [-0.1, -0.05) is 23.7 Å². The van der Waals surface area contributed by atoms with Gasteiger partial charge in [0, 0.05) is 5.02 Å². The first-order valence-electron chi connectivity index (χ1n) is 7.60. The Balaban J connectivity index is 1.80. The predicted octanol–water partition coefficient (Wildman–Crippen LogP) is 2.48. The Morgan fingerprint density at radius 2 is 2.12 bits per heavy atom. The highest BCUT2D eigenvalue weighted by Gasteiger charge is 2.12. The van der Waals surface area contributed by atoms with Crippen LogP contribution in [0.15, 0.2) is 53.9 Å². The molecule has 1 heterocycles. The molecule has 0 atom stereocenters. The van der Waals surface area contributed by atoms with E-state index in [2.05, 4.69) is 26.1 Å². The molecule has 1 aromatic heterocycles. The van der Waals surface area contributed by atoms with Crippen LogP contribution >= 0.6 is 11.6 Å². The highest BCUT2D eigenvalue weighted by molar-refractivity contribution is 6.31. The number of hydrogen-bond acceptors (Lipinski definition) is 6. The fraction of sp³-hybridized carbons (Fsp3) is 0.118. The first kappa shape index (κ1) is 17.6. The minimum absolute atomic E-state index is 0.305. The number of amides is 1. The van der Waals surface area contributed by atoms with Crippen molar-refractivity contribution < 1.29 is 9.53 Å². The number of carbonyl (C=O) groups excluding carboxylic acids is 1. The van der Waals surface area contributed by atoms with Gasteiger partial charge in [-0.2, -0.15) is 5.10 Å². The molecule has 0 fully saturated rings. The topological polar surface area (TPSA) is 94.3 Å². The summed E-state index contributed by atoms with van der Waals surface area (Å²) in [6.45, 7) is 1.79. The van der Waals surface area contributed by atoms with Crippen molar-refractivity contribution in [2.24, 2.45) is 5.10 Å². The number of carbonyl (C=O) groups is 1. The standard InChI is InChI=1S/C17H15ClN6O2/c1-11(12-4-3-5-14(8-12)24-10-19-22-23-24)20-21-17(25)15-9-13(18)6-7-16(15)26-2/h3-10H,1-2H3,(H,21,25)/b20-11+. The van der Waals surface area contributed by atoms with Gasteiger partial charge < -0.3 is 4.74 Å². The number of nitrogens with one attached hydrogen (secondary N) is 1. The van der Waals surface area contributed by atoms with Crippen molar-refractivity contribution in [2.45, 2.75) is 6.92 Å². The van der Waals surface area contributed by atoms with Crippen LogP contribution in [0.4, 0.5) is 0 Å². The van der Waals surface area contributed by atoms with Crippen LogP contribution in [0.1, 0.15) is 22.8 Å². The monoisotopic (exact) mass is 370 g/mol. The van der Waals surface area contributed by atoms with E-state index < -0.39 is 5.91 Å². The molecule has 0 saturated carbocycles. The molecule has 8 nitrogen and oxygen atoms in total. The van der Waals surface area contributed by atoms with Crippen LogP contribution in [0.25, 0.3) is 5.69 Å². The third-order valence-electron chi connectivity index (χ3n) is 3.61. The third-order valence-corrected chi connectivity index (χ3v) is 3.84. The van der Waals surface area contributed by atoms with E-state index in [1.807, 2.05) is 24.3 Å². The zero-order valence-electron chi connectivity index (χ0n) is 14.0. The van der Waals surface area contributed by atoms with E-state index in [-0.39, 0.29) is 0 Å². The Labute approximate surface area is 154 Å². The predicted molar refractivity (Wildman–Crippen MR) is 96.8 cm³/mol. The molecule has 0 unspecified atom stereocenters. The van der Waals surface area contributed by atoms with Gasteiger partial charge in [-0.15, -0.1) is 5.10 Å². The third kappa shape index (κ3) is 3.86. The maximum Gasteiger partial charge on any atom is 0.275 e. The van der Waals surface area contributed by atoms with Crippen LogP contribution in [0, 0.1) is 0 Å². The van der Waals surface area contributed by atoms with Crippen molar-refractivity contribution in [2.75, 3.05) is 7.11 Å². The van der Waals surface area contributed by atoms with Crippen LogP contribution in [-0.4, -0.2) is 38.9 Å². The molecule has 26 heavy (non-hydrogen) atoms. The lowest BCUT2D eigenvalue weighted by atomic mass is 10.1. The van der Waals surface area contributed by atoms with Gasteiger partial charge in [0.25, 0.3) is 5.91 Å². The van der Waals surface area contributed by atoms with Crippen LogP contribution in [0.3, 0.4) is 0 Å². The van der Waals surface area contributed by atoms with E-state index in [0.717, 1.165) is 11.3 Å². The number of hydrazone groups is 1. The van der Waals surface area contributed by atoms with Crippen LogP contribution in [-0.2, 0) is 0 Å². The van der Waals surface area contributed by atoms with Gasteiger partial charge in [-0.25, -0.2) is 10.1 Å². The van der Waals surface area contributed by atoms with Gasteiger partial charge in [-0.3, -0.25) is 4.79 Å². The van der Waals surface area contributed by atoms with Gasteiger partial charge in [0.15, 0.2) is 0 Å².